The first-order valence-corrected chi connectivity index (χ1v) is 6.42. The molecule has 0 atom stereocenters. The van der Waals surface area contributed by atoms with Crippen LogP contribution in [0.3, 0.4) is 0 Å². The zero-order chi connectivity index (χ0) is 13.8. The van der Waals surface area contributed by atoms with E-state index in [1.165, 1.54) is 11.1 Å². The number of hydrogen-bond acceptors (Lipinski definition) is 1. The number of carbonyl (C=O) groups excluding carboxylic acids is 1. The summed E-state index contributed by atoms with van der Waals surface area (Å²) in [7, 11) is 0. The lowest BCUT2D eigenvalue weighted by Crippen LogP contribution is -1.94. The lowest BCUT2D eigenvalue weighted by Gasteiger charge is -2.01. The van der Waals surface area contributed by atoms with E-state index in [2.05, 4.69) is 26.0 Å². The Hall–Kier alpha value is -2.15. The van der Waals surface area contributed by atoms with Crippen molar-refractivity contribution < 1.29 is 4.79 Å². The van der Waals surface area contributed by atoms with Gasteiger partial charge in [-0.05, 0) is 38.0 Å². The van der Waals surface area contributed by atoms with Gasteiger partial charge in [-0.25, -0.2) is 0 Å². The molecular formula is C18H18O. The van der Waals surface area contributed by atoms with E-state index in [4.69, 9.17) is 0 Å². The maximum atomic E-state index is 12.0. The van der Waals surface area contributed by atoms with E-state index in [1.807, 2.05) is 43.3 Å². The van der Waals surface area contributed by atoms with Crippen LogP contribution in [-0.4, -0.2) is 5.78 Å². The van der Waals surface area contributed by atoms with E-state index < -0.39 is 0 Å². The van der Waals surface area contributed by atoms with E-state index in [9.17, 15) is 4.79 Å². The Bertz CT molecular complexity index is 619. The first-order chi connectivity index (χ1) is 9.06. The van der Waals surface area contributed by atoms with E-state index in [0.29, 0.717) is 0 Å². The molecule has 0 unspecified atom stereocenters. The summed E-state index contributed by atoms with van der Waals surface area (Å²) in [6, 6.07) is 13.9. The Balaban J connectivity index is 2.18. The Morgan fingerprint density at radius 1 is 0.895 bits per heavy atom. The third kappa shape index (κ3) is 3.41. The minimum Gasteiger partial charge on any atom is -0.289 e. The predicted octanol–water partition coefficient (Wildman–Crippen LogP) is 4.51. The van der Waals surface area contributed by atoms with Crippen molar-refractivity contribution in [3.63, 3.8) is 0 Å². The SMILES string of the molecule is Cc1ccc(C(=O)C=Cc2ccc(C)cc2C)cc1. The van der Waals surface area contributed by atoms with Crippen molar-refractivity contribution in [2.75, 3.05) is 0 Å². The minimum absolute atomic E-state index is 0.0416. The number of carbonyl (C=O) groups is 1. The van der Waals surface area contributed by atoms with Gasteiger partial charge in [-0.1, -0.05) is 59.7 Å². The monoisotopic (exact) mass is 250 g/mol. The number of ketones is 1. The van der Waals surface area contributed by atoms with Crippen LogP contribution in [0.1, 0.15) is 32.6 Å². The van der Waals surface area contributed by atoms with Crippen molar-refractivity contribution >= 4 is 11.9 Å². The average molecular weight is 250 g/mol. The summed E-state index contributed by atoms with van der Waals surface area (Å²) in [5, 5.41) is 0. The molecule has 0 bridgehead atoms. The van der Waals surface area contributed by atoms with Crippen LogP contribution in [0.25, 0.3) is 6.08 Å². The van der Waals surface area contributed by atoms with Gasteiger partial charge in [-0.15, -0.1) is 0 Å². The summed E-state index contributed by atoms with van der Waals surface area (Å²) in [6.45, 7) is 6.14. The molecule has 0 radical (unpaired) electrons. The zero-order valence-electron chi connectivity index (χ0n) is 11.6. The molecule has 19 heavy (non-hydrogen) atoms. The van der Waals surface area contributed by atoms with Crippen molar-refractivity contribution in [2.45, 2.75) is 20.8 Å². The van der Waals surface area contributed by atoms with Crippen LogP contribution in [-0.2, 0) is 0 Å². The molecule has 0 aromatic heterocycles. The van der Waals surface area contributed by atoms with Gasteiger partial charge in [0.2, 0.25) is 0 Å². The number of benzene rings is 2. The highest BCUT2D eigenvalue weighted by atomic mass is 16.1. The second-order valence-electron chi connectivity index (χ2n) is 4.92. The number of rotatable bonds is 3. The molecule has 2 aromatic rings. The second kappa shape index (κ2) is 5.66. The molecule has 2 rings (SSSR count). The van der Waals surface area contributed by atoms with Gasteiger partial charge in [-0.3, -0.25) is 4.79 Å². The molecule has 0 saturated carbocycles. The summed E-state index contributed by atoms with van der Waals surface area (Å²) in [5.41, 5.74) is 5.40. The third-order valence-corrected chi connectivity index (χ3v) is 3.18. The van der Waals surface area contributed by atoms with E-state index in [1.54, 1.807) is 6.08 Å². The van der Waals surface area contributed by atoms with Crippen LogP contribution in [0.4, 0.5) is 0 Å². The number of aryl methyl sites for hydroxylation is 3. The smallest absolute Gasteiger partial charge is 0.185 e. The molecule has 0 aliphatic carbocycles. The molecule has 0 spiro atoms. The van der Waals surface area contributed by atoms with Crippen LogP contribution < -0.4 is 0 Å². The molecule has 1 heteroatoms. The fourth-order valence-corrected chi connectivity index (χ4v) is 1.99. The number of allylic oxidation sites excluding steroid dienone is 1. The normalized spacial score (nSPS) is 10.9. The van der Waals surface area contributed by atoms with Gasteiger partial charge in [0.25, 0.3) is 0 Å². The largest absolute Gasteiger partial charge is 0.289 e. The van der Waals surface area contributed by atoms with Gasteiger partial charge in [0, 0.05) is 5.56 Å². The van der Waals surface area contributed by atoms with Crippen molar-refractivity contribution in [3.05, 3.63) is 76.4 Å². The van der Waals surface area contributed by atoms with Crippen LogP contribution in [0.5, 0.6) is 0 Å². The zero-order valence-corrected chi connectivity index (χ0v) is 11.6. The summed E-state index contributed by atoms with van der Waals surface area (Å²) in [4.78, 5) is 12.0. The van der Waals surface area contributed by atoms with Crippen molar-refractivity contribution in [2.24, 2.45) is 0 Å². The molecule has 0 fully saturated rings. The lowest BCUT2D eigenvalue weighted by molar-refractivity contribution is 0.104. The summed E-state index contributed by atoms with van der Waals surface area (Å²) < 4.78 is 0. The molecule has 96 valence electrons. The van der Waals surface area contributed by atoms with Crippen molar-refractivity contribution in [1.82, 2.24) is 0 Å². The van der Waals surface area contributed by atoms with Gasteiger partial charge in [0.05, 0.1) is 0 Å². The highest BCUT2D eigenvalue weighted by molar-refractivity contribution is 6.06. The second-order valence-corrected chi connectivity index (χ2v) is 4.92. The van der Waals surface area contributed by atoms with E-state index in [-0.39, 0.29) is 5.78 Å². The predicted molar refractivity (Wildman–Crippen MR) is 80.5 cm³/mol. The standard InChI is InChI=1S/C18H18O/c1-13-4-8-17(9-5-13)18(19)11-10-16-7-6-14(2)12-15(16)3/h4-12H,1-3H3. The molecule has 0 heterocycles. The van der Waals surface area contributed by atoms with E-state index in [0.717, 1.165) is 16.7 Å². The molecule has 0 aliphatic rings. The Morgan fingerprint density at radius 2 is 1.53 bits per heavy atom. The molecule has 0 amide bonds. The first-order valence-electron chi connectivity index (χ1n) is 6.42. The van der Waals surface area contributed by atoms with Crippen LogP contribution in [0.15, 0.2) is 48.5 Å². The van der Waals surface area contributed by atoms with E-state index >= 15 is 0 Å². The average Bonchev–Trinajstić information content (AvgIpc) is 2.38. The minimum atomic E-state index is 0.0416. The fraction of sp³-hybridized carbons (Fsp3) is 0.167. The fourth-order valence-electron chi connectivity index (χ4n) is 1.99. The molecule has 1 nitrogen and oxygen atoms in total. The van der Waals surface area contributed by atoms with Crippen LogP contribution in [0.2, 0.25) is 0 Å². The van der Waals surface area contributed by atoms with Crippen molar-refractivity contribution in [3.8, 4) is 0 Å². The summed E-state index contributed by atoms with van der Waals surface area (Å²) >= 11 is 0. The Morgan fingerprint density at radius 3 is 2.16 bits per heavy atom. The van der Waals surface area contributed by atoms with Gasteiger partial charge < -0.3 is 0 Å². The maximum absolute atomic E-state index is 12.0. The van der Waals surface area contributed by atoms with Gasteiger partial charge in [-0.2, -0.15) is 0 Å². The molecule has 0 saturated heterocycles. The quantitative estimate of drug-likeness (QED) is 0.578. The Kier molecular flexibility index (Phi) is 3.96. The highest BCUT2D eigenvalue weighted by Gasteiger charge is 2.01. The van der Waals surface area contributed by atoms with Gasteiger partial charge in [0.1, 0.15) is 0 Å². The highest BCUT2D eigenvalue weighted by Crippen LogP contribution is 2.13. The third-order valence-electron chi connectivity index (χ3n) is 3.18. The van der Waals surface area contributed by atoms with Crippen LogP contribution in [0, 0.1) is 20.8 Å². The molecular weight excluding hydrogens is 232 g/mol. The summed E-state index contributed by atoms with van der Waals surface area (Å²) in [6.07, 6.45) is 3.53. The molecule has 0 N–H and O–H groups in total. The molecule has 2 aromatic carbocycles. The topological polar surface area (TPSA) is 17.1 Å². The molecule has 0 aliphatic heterocycles. The van der Waals surface area contributed by atoms with Crippen molar-refractivity contribution in [1.29, 1.82) is 0 Å². The number of hydrogen-bond donors (Lipinski definition) is 0. The lowest BCUT2D eigenvalue weighted by atomic mass is 10.0. The van der Waals surface area contributed by atoms with Gasteiger partial charge in [0.15, 0.2) is 5.78 Å². The summed E-state index contributed by atoms with van der Waals surface area (Å²) in [5.74, 6) is 0.0416. The first kappa shape index (κ1) is 13.3. The van der Waals surface area contributed by atoms with Crippen LogP contribution >= 0.6 is 0 Å². The Labute approximate surface area is 114 Å². The maximum Gasteiger partial charge on any atom is 0.185 e. The van der Waals surface area contributed by atoms with Gasteiger partial charge >= 0.3 is 0 Å².